The van der Waals surface area contributed by atoms with E-state index in [0.717, 1.165) is 37.3 Å². The molecule has 0 aliphatic carbocycles. The van der Waals surface area contributed by atoms with Crippen molar-refractivity contribution in [2.45, 2.75) is 44.6 Å². The molecule has 36 heavy (non-hydrogen) atoms. The van der Waals surface area contributed by atoms with Gasteiger partial charge in [0.15, 0.2) is 0 Å². The van der Waals surface area contributed by atoms with E-state index in [9.17, 15) is 26.3 Å². The predicted octanol–water partition coefficient (Wildman–Crippen LogP) is 8.68. The van der Waals surface area contributed by atoms with Crippen LogP contribution < -0.4 is 9.47 Å². The topological polar surface area (TPSA) is 7.12 Å². The molecule has 1 aromatic heterocycles. The molecule has 3 aromatic rings. The molecule has 0 N–H and O–H groups in total. The van der Waals surface area contributed by atoms with E-state index in [2.05, 4.69) is 0 Å². The quantitative estimate of drug-likeness (QED) is 0.181. The van der Waals surface area contributed by atoms with Crippen LogP contribution in [0, 0.1) is 0 Å². The monoisotopic (exact) mass is 541 g/mol. The Morgan fingerprint density at radius 2 is 1.64 bits per heavy atom. The number of thioether (sulfide) groups is 1. The molecule has 190 valence electrons. The van der Waals surface area contributed by atoms with Gasteiger partial charge in [0, 0.05) is 23.6 Å². The van der Waals surface area contributed by atoms with Gasteiger partial charge in [0.2, 0.25) is 5.52 Å². The predicted molar refractivity (Wildman–Crippen MR) is 134 cm³/mol. The fraction of sp³-hybridized carbons (Fsp3) is 0.269. The van der Waals surface area contributed by atoms with Crippen LogP contribution in [-0.2, 0) is 18.9 Å². The van der Waals surface area contributed by atoms with Crippen molar-refractivity contribution in [2.24, 2.45) is 0 Å². The summed E-state index contributed by atoms with van der Waals surface area (Å²) in [6.07, 6.45) is -1.30. The molecule has 0 radical (unpaired) electrons. The summed E-state index contributed by atoms with van der Waals surface area (Å²) in [6, 6.07) is 7.54. The van der Waals surface area contributed by atoms with Gasteiger partial charge in [0.25, 0.3) is 5.01 Å². The van der Waals surface area contributed by atoms with Gasteiger partial charge in [-0.3, -0.25) is 0 Å². The van der Waals surface area contributed by atoms with E-state index in [1.807, 2.05) is 54.5 Å². The van der Waals surface area contributed by atoms with Crippen LogP contribution >= 0.6 is 23.1 Å². The standard InChI is InChI=1S/C26H23F6N2S2/c1-4-33-19-14-17(25(27,28)29)8-10-21(19)35-23(33)12-6-16(3)7-13-24-34(5-2)20-15-18(26(30,31)32)9-11-22(20)36-24/h6-15H,4-5H2,1-3H3/q+1. The van der Waals surface area contributed by atoms with Crippen LogP contribution in [-0.4, -0.2) is 6.54 Å². The highest BCUT2D eigenvalue weighted by Crippen LogP contribution is 2.47. The number of alkyl halides is 6. The first-order valence-corrected chi connectivity index (χ1v) is 12.8. The Kier molecular flexibility index (Phi) is 7.30. The molecule has 2 aromatic carbocycles. The fourth-order valence-corrected chi connectivity index (χ4v) is 6.13. The molecule has 2 heterocycles. The second kappa shape index (κ2) is 9.97. The minimum Gasteiger partial charge on any atom is -0.335 e. The Bertz CT molecular complexity index is 1380. The molecule has 1 aliphatic rings. The van der Waals surface area contributed by atoms with E-state index in [-0.39, 0.29) is 0 Å². The van der Waals surface area contributed by atoms with E-state index >= 15 is 0 Å². The first-order chi connectivity index (χ1) is 16.9. The summed E-state index contributed by atoms with van der Waals surface area (Å²) >= 11 is 2.83. The molecule has 0 atom stereocenters. The molecule has 0 fully saturated rings. The average Bonchev–Trinajstić information content (AvgIpc) is 3.35. The van der Waals surface area contributed by atoms with E-state index in [1.54, 1.807) is 0 Å². The van der Waals surface area contributed by atoms with Crippen molar-refractivity contribution in [1.82, 2.24) is 0 Å². The van der Waals surface area contributed by atoms with Crippen LogP contribution in [0.2, 0.25) is 0 Å². The second-order valence-electron chi connectivity index (χ2n) is 8.14. The van der Waals surface area contributed by atoms with Crippen molar-refractivity contribution in [2.75, 3.05) is 11.4 Å². The van der Waals surface area contributed by atoms with E-state index < -0.39 is 23.5 Å². The zero-order chi connectivity index (χ0) is 26.3. The summed E-state index contributed by atoms with van der Waals surface area (Å²) in [5.74, 6) is 0. The highest BCUT2D eigenvalue weighted by molar-refractivity contribution is 8.03. The third-order valence-corrected chi connectivity index (χ3v) is 7.99. The number of hydrogen-bond donors (Lipinski definition) is 0. The maximum Gasteiger partial charge on any atom is 0.416 e. The minimum absolute atomic E-state index is 0.522. The number of fused-ring (bicyclic) bond motifs is 2. The molecule has 0 spiro atoms. The van der Waals surface area contributed by atoms with Gasteiger partial charge in [0.05, 0.1) is 21.8 Å². The number of aromatic nitrogens is 1. The van der Waals surface area contributed by atoms with Crippen molar-refractivity contribution in [1.29, 1.82) is 0 Å². The van der Waals surface area contributed by atoms with Crippen LogP contribution in [0.25, 0.3) is 16.3 Å². The molecule has 2 nitrogen and oxygen atoms in total. The molecule has 4 rings (SSSR count). The first-order valence-electron chi connectivity index (χ1n) is 11.2. The molecule has 0 unspecified atom stereocenters. The maximum atomic E-state index is 13.1. The second-order valence-corrected chi connectivity index (χ2v) is 10.3. The van der Waals surface area contributed by atoms with E-state index in [4.69, 9.17) is 0 Å². The molecule has 0 saturated heterocycles. The summed E-state index contributed by atoms with van der Waals surface area (Å²) in [4.78, 5) is 2.61. The summed E-state index contributed by atoms with van der Waals surface area (Å²) in [6.45, 7) is 6.71. The maximum absolute atomic E-state index is 13.1. The van der Waals surface area contributed by atoms with Gasteiger partial charge in [0.1, 0.15) is 11.2 Å². The molecule has 10 heteroatoms. The number of rotatable bonds is 5. The SMILES string of the molecule is CCN1\C(=C/C=C(C)/C=C/c2sc3ccc(C(F)(F)F)cc3[n+]2CC)Sc2ccc(C(F)(F)F)cc21. The van der Waals surface area contributed by atoms with Crippen molar-refractivity contribution in [3.8, 4) is 0 Å². The lowest BCUT2D eigenvalue weighted by molar-refractivity contribution is -0.665. The van der Waals surface area contributed by atoms with Crippen molar-refractivity contribution in [3.63, 3.8) is 0 Å². The van der Waals surface area contributed by atoms with Crippen LogP contribution in [0.5, 0.6) is 0 Å². The molecule has 0 saturated carbocycles. The van der Waals surface area contributed by atoms with Crippen molar-refractivity contribution < 1.29 is 30.9 Å². The largest absolute Gasteiger partial charge is 0.416 e. The highest BCUT2D eigenvalue weighted by atomic mass is 32.2. The minimum atomic E-state index is -4.40. The van der Waals surface area contributed by atoms with E-state index in [0.29, 0.717) is 24.3 Å². The lowest BCUT2D eigenvalue weighted by atomic mass is 10.2. The molecular formula is C26H23F6N2S2+. The van der Waals surface area contributed by atoms with Crippen LogP contribution in [0.4, 0.5) is 32.0 Å². The number of allylic oxidation sites excluding steroid dienone is 4. The Labute approximate surface area is 213 Å². The van der Waals surface area contributed by atoms with Gasteiger partial charge in [-0.1, -0.05) is 40.8 Å². The Morgan fingerprint density at radius 3 is 2.28 bits per heavy atom. The smallest absolute Gasteiger partial charge is 0.335 e. The lowest BCUT2D eigenvalue weighted by Crippen LogP contribution is -2.33. The van der Waals surface area contributed by atoms with E-state index in [1.165, 1.54) is 47.4 Å². The summed E-state index contributed by atoms with van der Waals surface area (Å²) in [5.41, 5.74) is 0.620. The molecular weight excluding hydrogens is 518 g/mol. The Hall–Kier alpha value is -2.72. The molecule has 0 bridgehead atoms. The number of aryl methyl sites for hydroxylation is 1. The van der Waals surface area contributed by atoms with Crippen LogP contribution in [0.3, 0.4) is 0 Å². The number of hydrogen-bond acceptors (Lipinski definition) is 3. The number of anilines is 1. The fourth-order valence-electron chi connectivity index (χ4n) is 3.92. The average molecular weight is 542 g/mol. The summed E-state index contributed by atoms with van der Waals surface area (Å²) in [7, 11) is 0. The third-order valence-electron chi connectivity index (χ3n) is 5.73. The van der Waals surface area contributed by atoms with Gasteiger partial charge in [-0.25, -0.2) is 0 Å². The zero-order valence-corrected chi connectivity index (χ0v) is 21.3. The first kappa shape index (κ1) is 26.3. The van der Waals surface area contributed by atoms with Crippen LogP contribution in [0.15, 0.2) is 70.1 Å². The van der Waals surface area contributed by atoms with Gasteiger partial charge in [-0.15, -0.1) is 0 Å². The van der Waals surface area contributed by atoms with Gasteiger partial charge in [-0.2, -0.15) is 30.9 Å². The number of thiazole rings is 1. The third kappa shape index (κ3) is 5.34. The van der Waals surface area contributed by atoms with Gasteiger partial charge < -0.3 is 4.90 Å². The van der Waals surface area contributed by atoms with Gasteiger partial charge >= 0.3 is 12.4 Å². The molecule has 0 amide bonds. The number of nitrogens with zero attached hydrogens (tertiary/aromatic N) is 2. The van der Waals surface area contributed by atoms with Gasteiger partial charge in [-0.05, 0) is 57.2 Å². The van der Waals surface area contributed by atoms with Crippen molar-refractivity contribution in [3.05, 3.63) is 81.4 Å². The summed E-state index contributed by atoms with van der Waals surface area (Å²) < 4.78 is 81.5. The van der Waals surface area contributed by atoms with Crippen LogP contribution in [0.1, 0.15) is 36.9 Å². The lowest BCUT2D eigenvalue weighted by Gasteiger charge is -2.18. The molecule has 1 aliphatic heterocycles. The number of halogens is 6. The van der Waals surface area contributed by atoms with Crippen molar-refractivity contribution >= 4 is 45.1 Å². The summed E-state index contributed by atoms with van der Waals surface area (Å²) in [5, 5.41) is 1.65. The Morgan fingerprint density at radius 1 is 0.972 bits per heavy atom. The zero-order valence-electron chi connectivity index (χ0n) is 19.7. The normalized spacial score (nSPS) is 16.1. The Balaban J connectivity index is 1.58. The highest BCUT2D eigenvalue weighted by Gasteiger charge is 2.34. The number of benzene rings is 2.